The molecule has 64 valence electrons. The van der Waals surface area contributed by atoms with Crippen LogP contribution in [0, 0.1) is 5.92 Å². The highest BCUT2D eigenvalue weighted by atomic mass is 19.3. The predicted octanol–water partition coefficient (Wildman–Crippen LogP) is 2.67. The number of alkyl halides is 2. The van der Waals surface area contributed by atoms with Crippen LogP contribution in [-0.4, -0.2) is 12.5 Å². The molecule has 0 fully saturated rings. The van der Waals surface area contributed by atoms with Crippen molar-refractivity contribution in [2.24, 2.45) is 11.0 Å². The lowest BCUT2D eigenvalue weighted by molar-refractivity contribution is 0.0128. The van der Waals surface area contributed by atoms with Gasteiger partial charge in [0.1, 0.15) is 0 Å². The van der Waals surface area contributed by atoms with Crippen molar-refractivity contribution >= 4 is 0 Å². The predicted molar refractivity (Wildman–Crippen MR) is 40.7 cm³/mol. The van der Waals surface area contributed by atoms with Gasteiger partial charge in [0.15, 0.2) is 0 Å². The Labute approximate surface area is 68.0 Å². The highest BCUT2D eigenvalue weighted by Gasteiger charge is 2.35. The lowest BCUT2D eigenvalue weighted by Crippen LogP contribution is -2.27. The third-order valence-electron chi connectivity index (χ3n) is 1.61. The summed E-state index contributed by atoms with van der Waals surface area (Å²) in [5.41, 5.74) is 7.94. The van der Waals surface area contributed by atoms with Gasteiger partial charge in [0.2, 0.25) is 0 Å². The van der Waals surface area contributed by atoms with E-state index in [1.807, 2.05) is 0 Å². The molecular formula is C7H7F2N3. The number of rotatable bonds is 2. The molecule has 0 bridgehead atoms. The zero-order chi connectivity index (χ0) is 9.03. The van der Waals surface area contributed by atoms with E-state index in [0.717, 1.165) is 6.08 Å². The van der Waals surface area contributed by atoms with Crippen molar-refractivity contribution < 1.29 is 8.78 Å². The van der Waals surface area contributed by atoms with Crippen LogP contribution in [0.15, 0.2) is 29.4 Å². The highest BCUT2D eigenvalue weighted by molar-refractivity contribution is 5.18. The van der Waals surface area contributed by atoms with Gasteiger partial charge in [0.05, 0.1) is 5.92 Å². The summed E-state index contributed by atoms with van der Waals surface area (Å²) in [4.78, 5) is 2.43. The van der Waals surface area contributed by atoms with Crippen LogP contribution in [0.3, 0.4) is 0 Å². The van der Waals surface area contributed by atoms with Crippen molar-refractivity contribution in [2.45, 2.75) is 5.92 Å². The summed E-state index contributed by atoms with van der Waals surface area (Å²) in [5, 5.41) is 3.11. The van der Waals surface area contributed by atoms with E-state index in [9.17, 15) is 8.78 Å². The van der Waals surface area contributed by atoms with Crippen molar-refractivity contribution in [3.8, 4) is 0 Å². The molecule has 0 heterocycles. The Morgan fingerprint density at radius 2 is 2.25 bits per heavy atom. The van der Waals surface area contributed by atoms with Crippen LogP contribution in [0.25, 0.3) is 10.4 Å². The number of hydrogen-bond acceptors (Lipinski definition) is 1. The molecule has 0 aliphatic heterocycles. The maximum atomic E-state index is 12.9. The largest absolute Gasteiger partial charge is 0.273 e. The molecule has 0 aromatic heterocycles. The summed E-state index contributed by atoms with van der Waals surface area (Å²) in [7, 11) is 0. The smallest absolute Gasteiger partial charge is 0.201 e. The van der Waals surface area contributed by atoms with Crippen LogP contribution in [-0.2, 0) is 0 Å². The fraction of sp³-hybridized carbons (Fsp3) is 0.429. The number of nitrogens with zero attached hydrogens (tertiary/aromatic N) is 3. The molecule has 1 aliphatic carbocycles. The Morgan fingerprint density at radius 3 is 2.83 bits per heavy atom. The standard InChI is InChI=1S/C7H7F2N3/c8-7(9)4-2-1-3-6(7)5-11-12-10/h1-4,6H,5H2. The van der Waals surface area contributed by atoms with Gasteiger partial charge in [0.25, 0.3) is 5.92 Å². The summed E-state index contributed by atoms with van der Waals surface area (Å²) in [6, 6.07) is 0. The fourth-order valence-corrected chi connectivity index (χ4v) is 0.941. The molecule has 0 saturated carbocycles. The van der Waals surface area contributed by atoms with E-state index >= 15 is 0 Å². The third kappa shape index (κ3) is 1.83. The van der Waals surface area contributed by atoms with E-state index < -0.39 is 11.8 Å². The van der Waals surface area contributed by atoms with E-state index in [2.05, 4.69) is 10.0 Å². The van der Waals surface area contributed by atoms with E-state index in [1.165, 1.54) is 18.2 Å². The first-order chi connectivity index (χ1) is 5.67. The quantitative estimate of drug-likeness (QED) is 0.348. The fourth-order valence-electron chi connectivity index (χ4n) is 0.941. The van der Waals surface area contributed by atoms with Gasteiger partial charge in [-0.15, -0.1) is 0 Å². The molecule has 0 aromatic carbocycles. The Kier molecular flexibility index (Phi) is 2.45. The molecule has 12 heavy (non-hydrogen) atoms. The average molecular weight is 171 g/mol. The molecule has 1 atom stereocenters. The van der Waals surface area contributed by atoms with Gasteiger partial charge >= 0.3 is 0 Å². The second-order valence-electron chi connectivity index (χ2n) is 2.44. The highest BCUT2D eigenvalue weighted by Crippen LogP contribution is 2.30. The van der Waals surface area contributed by atoms with Gasteiger partial charge < -0.3 is 0 Å². The summed E-state index contributed by atoms with van der Waals surface area (Å²) in [5.74, 6) is -3.89. The zero-order valence-electron chi connectivity index (χ0n) is 6.19. The van der Waals surface area contributed by atoms with Crippen molar-refractivity contribution in [1.29, 1.82) is 0 Å². The minimum Gasteiger partial charge on any atom is -0.201 e. The molecule has 0 spiro atoms. The minimum absolute atomic E-state index is 0.204. The zero-order valence-corrected chi connectivity index (χ0v) is 6.19. The van der Waals surface area contributed by atoms with Crippen LogP contribution in [0.5, 0.6) is 0 Å². The summed E-state index contributed by atoms with van der Waals surface area (Å²) in [6.07, 6.45) is 4.96. The summed E-state index contributed by atoms with van der Waals surface area (Å²) < 4.78 is 25.7. The topological polar surface area (TPSA) is 48.8 Å². The summed E-state index contributed by atoms with van der Waals surface area (Å²) >= 11 is 0. The number of azide groups is 1. The molecule has 0 amide bonds. The molecule has 0 saturated heterocycles. The third-order valence-corrected chi connectivity index (χ3v) is 1.61. The van der Waals surface area contributed by atoms with Gasteiger partial charge in [-0.25, -0.2) is 8.78 Å². The second-order valence-corrected chi connectivity index (χ2v) is 2.44. The molecule has 1 unspecified atom stereocenters. The second kappa shape index (κ2) is 3.36. The van der Waals surface area contributed by atoms with Crippen molar-refractivity contribution in [3.63, 3.8) is 0 Å². The lowest BCUT2D eigenvalue weighted by atomic mass is 9.97. The Balaban J connectivity index is 2.69. The van der Waals surface area contributed by atoms with Gasteiger partial charge in [-0.2, -0.15) is 0 Å². The molecule has 1 rings (SSSR count). The first-order valence-corrected chi connectivity index (χ1v) is 3.41. The first kappa shape index (κ1) is 8.74. The molecule has 0 N–H and O–H groups in total. The Hall–Kier alpha value is -1.35. The van der Waals surface area contributed by atoms with Crippen LogP contribution < -0.4 is 0 Å². The van der Waals surface area contributed by atoms with Crippen LogP contribution in [0.4, 0.5) is 8.78 Å². The van der Waals surface area contributed by atoms with Gasteiger partial charge in [-0.3, -0.25) is 0 Å². The van der Waals surface area contributed by atoms with Crippen molar-refractivity contribution in [1.82, 2.24) is 0 Å². The van der Waals surface area contributed by atoms with Crippen LogP contribution in [0.1, 0.15) is 0 Å². The first-order valence-electron chi connectivity index (χ1n) is 3.41. The maximum Gasteiger partial charge on any atom is 0.273 e. The number of allylic oxidation sites excluding steroid dienone is 3. The summed E-state index contributed by atoms with van der Waals surface area (Å²) in [6.45, 7) is -0.204. The normalized spacial score (nSPS) is 25.0. The SMILES string of the molecule is [N-]=[N+]=NCC1C=CC=CC1(F)F. The minimum atomic E-state index is -2.89. The molecule has 0 radical (unpaired) electrons. The van der Waals surface area contributed by atoms with Gasteiger partial charge in [-0.05, 0) is 11.6 Å². The number of hydrogen-bond donors (Lipinski definition) is 0. The van der Waals surface area contributed by atoms with E-state index in [-0.39, 0.29) is 6.54 Å². The van der Waals surface area contributed by atoms with E-state index in [0.29, 0.717) is 0 Å². The van der Waals surface area contributed by atoms with Crippen molar-refractivity contribution in [3.05, 3.63) is 34.7 Å². The van der Waals surface area contributed by atoms with Gasteiger partial charge in [0, 0.05) is 11.5 Å². The maximum absolute atomic E-state index is 12.9. The average Bonchev–Trinajstić information content (AvgIpc) is 2.02. The Bertz CT molecular complexity index is 264. The monoisotopic (exact) mass is 171 g/mol. The number of halogens is 2. The van der Waals surface area contributed by atoms with Crippen molar-refractivity contribution in [2.75, 3.05) is 6.54 Å². The Morgan fingerprint density at radius 1 is 1.50 bits per heavy atom. The molecule has 3 nitrogen and oxygen atoms in total. The van der Waals surface area contributed by atoms with E-state index in [1.54, 1.807) is 0 Å². The lowest BCUT2D eigenvalue weighted by Gasteiger charge is -2.21. The molecular weight excluding hydrogens is 164 g/mol. The molecule has 1 aliphatic rings. The molecule has 5 heteroatoms. The molecule has 0 aromatic rings. The van der Waals surface area contributed by atoms with E-state index in [4.69, 9.17) is 5.53 Å². The van der Waals surface area contributed by atoms with Gasteiger partial charge in [-0.1, -0.05) is 23.3 Å². The van der Waals surface area contributed by atoms with Crippen LogP contribution >= 0.6 is 0 Å². The van der Waals surface area contributed by atoms with Crippen LogP contribution in [0.2, 0.25) is 0 Å².